The summed E-state index contributed by atoms with van der Waals surface area (Å²) in [7, 11) is 0. The Hall–Kier alpha value is -1.87. The van der Waals surface area contributed by atoms with Crippen LogP contribution in [-0.2, 0) is 0 Å². The van der Waals surface area contributed by atoms with Crippen molar-refractivity contribution >= 4 is 0 Å². The van der Waals surface area contributed by atoms with Crippen LogP contribution in [0.2, 0.25) is 0 Å². The van der Waals surface area contributed by atoms with Gasteiger partial charge in [-0.2, -0.15) is 0 Å². The fourth-order valence-electron chi connectivity index (χ4n) is 2.50. The fraction of sp³-hybridized carbons (Fsp3) is 0.267. The van der Waals surface area contributed by atoms with Crippen molar-refractivity contribution in [1.29, 1.82) is 0 Å². The molecule has 0 saturated carbocycles. The van der Waals surface area contributed by atoms with Gasteiger partial charge in [0.1, 0.15) is 5.75 Å². The monoisotopic (exact) mass is 240 g/mol. The number of hydrogen-bond donors (Lipinski definition) is 1. The Bertz CT molecular complexity index is 539. The van der Waals surface area contributed by atoms with Crippen LogP contribution >= 0.6 is 0 Å². The molecule has 0 bridgehead atoms. The SMILES string of the molecule is NC[C@H]1CCOc2c(-c3ccncc3)cccc21. The Morgan fingerprint density at radius 2 is 2.06 bits per heavy atom. The maximum Gasteiger partial charge on any atom is 0.130 e. The summed E-state index contributed by atoms with van der Waals surface area (Å²) in [6, 6.07) is 10.3. The molecular formula is C15H16N2O. The molecule has 1 aliphatic rings. The lowest BCUT2D eigenvalue weighted by Crippen LogP contribution is -2.21. The van der Waals surface area contributed by atoms with Gasteiger partial charge in [0.15, 0.2) is 0 Å². The summed E-state index contributed by atoms with van der Waals surface area (Å²) in [6.07, 6.45) is 4.61. The molecular weight excluding hydrogens is 224 g/mol. The average Bonchev–Trinajstić information content (AvgIpc) is 2.47. The smallest absolute Gasteiger partial charge is 0.130 e. The van der Waals surface area contributed by atoms with Crippen molar-refractivity contribution in [1.82, 2.24) is 4.98 Å². The Morgan fingerprint density at radius 1 is 1.22 bits per heavy atom. The Balaban J connectivity index is 2.12. The molecule has 1 aromatic carbocycles. The predicted octanol–water partition coefficient (Wildman–Crippen LogP) is 2.57. The first kappa shape index (κ1) is 11.2. The first-order valence-electron chi connectivity index (χ1n) is 6.26. The van der Waals surface area contributed by atoms with Crippen molar-refractivity contribution in [3.63, 3.8) is 0 Å². The maximum atomic E-state index is 5.87. The van der Waals surface area contributed by atoms with Crippen LogP contribution in [0.4, 0.5) is 0 Å². The van der Waals surface area contributed by atoms with Crippen molar-refractivity contribution in [3.8, 4) is 16.9 Å². The quantitative estimate of drug-likeness (QED) is 0.877. The number of benzene rings is 1. The standard InChI is InChI=1S/C15H16N2O/c16-10-12-6-9-18-15-13(2-1-3-14(12)15)11-4-7-17-8-5-11/h1-5,7-8,12H,6,9-10,16H2/t12-/m1/s1. The lowest BCUT2D eigenvalue weighted by atomic mass is 9.90. The van der Waals surface area contributed by atoms with Gasteiger partial charge in [0.25, 0.3) is 0 Å². The zero-order chi connectivity index (χ0) is 12.4. The highest BCUT2D eigenvalue weighted by Gasteiger charge is 2.22. The molecule has 3 heteroatoms. The maximum absolute atomic E-state index is 5.87. The Morgan fingerprint density at radius 3 is 2.83 bits per heavy atom. The van der Waals surface area contributed by atoms with Gasteiger partial charge < -0.3 is 10.5 Å². The molecule has 18 heavy (non-hydrogen) atoms. The summed E-state index contributed by atoms with van der Waals surface area (Å²) in [5.41, 5.74) is 9.35. The van der Waals surface area contributed by atoms with Crippen LogP contribution in [0.1, 0.15) is 17.9 Å². The van der Waals surface area contributed by atoms with Gasteiger partial charge in [-0.1, -0.05) is 18.2 Å². The summed E-state index contributed by atoms with van der Waals surface area (Å²) in [5, 5.41) is 0. The highest BCUT2D eigenvalue weighted by Crippen LogP contribution is 2.40. The van der Waals surface area contributed by atoms with Gasteiger partial charge in [-0.25, -0.2) is 0 Å². The molecule has 2 N–H and O–H groups in total. The Kier molecular flexibility index (Phi) is 2.99. The molecule has 0 spiro atoms. The van der Waals surface area contributed by atoms with Gasteiger partial charge >= 0.3 is 0 Å². The van der Waals surface area contributed by atoms with E-state index in [1.54, 1.807) is 12.4 Å². The fourth-order valence-corrected chi connectivity index (χ4v) is 2.50. The van der Waals surface area contributed by atoms with E-state index in [-0.39, 0.29) is 0 Å². The summed E-state index contributed by atoms with van der Waals surface area (Å²) in [4.78, 5) is 4.05. The van der Waals surface area contributed by atoms with Gasteiger partial charge in [-0.15, -0.1) is 0 Å². The third kappa shape index (κ3) is 1.87. The molecule has 0 fully saturated rings. The van der Waals surface area contributed by atoms with Crippen molar-refractivity contribution in [2.75, 3.05) is 13.2 Å². The molecule has 92 valence electrons. The normalized spacial score (nSPS) is 17.9. The van der Waals surface area contributed by atoms with Crippen molar-refractivity contribution < 1.29 is 4.74 Å². The molecule has 1 atom stereocenters. The van der Waals surface area contributed by atoms with Crippen molar-refractivity contribution in [2.45, 2.75) is 12.3 Å². The molecule has 2 heterocycles. The summed E-state index contributed by atoms with van der Waals surface area (Å²) in [6.45, 7) is 1.42. The predicted molar refractivity (Wildman–Crippen MR) is 71.6 cm³/mol. The lowest BCUT2D eigenvalue weighted by Gasteiger charge is -2.26. The van der Waals surface area contributed by atoms with E-state index >= 15 is 0 Å². The summed E-state index contributed by atoms with van der Waals surface area (Å²) in [5.74, 6) is 1.40. The third-order valence-corrected chi connectivity index (χ3v) is 3.47. The molecule has 1 aromatic heterocycles. The molecule has 0 radical (unpaired) electrons. The first-order valence-corrected chi connectivity index (χ1v) is 6.26. The van der Waals surface area contributed by atoms with Crippen molar-refractivity contribution in [3.05, 3.63) is 48.3 Å². The van der Waals surface area contributed by atoms with E-state index in [0.717, 1.165) is 29.9 Å². The number of hydrogen-bond acceptors (Lipinski definition) is 3. The van der Waals surface area contributed by atoms with Gasteiger partial charge in [-0.3, -0.25) is 4.98 Å². The van der Waals surface area contributed by atoms with Crippen LogP contribution in [0, 0.1) is 0 Å². The second kappa shape index (κ2) is 4.78. The van der Waals surface area contributed by atoms with Crippen LogP contribution in [0.5, 0.6) is 5.75 Å². The first-order chi connectivity index (χ1) is 8.90. The van der Waals surface area contributed by atoms with Crippen LogP contribution in [0.25, 0.3) is 11.1 Å². The zero-order valence-electron chi connectivity index (χ0n) is 10.2. The third-order valence-electron chi connectivity index (χ3n) is 3.47. The van der Waals surface area contributed by atoms with Crippen LogP contribution in [0.15, 0.2) is 42.7 Å². The van der Waals surface area contributed by atoms with E-state index in [2.05, 4.69) is 23.2 Å². The molecule has 0 amide bonds. The van der Waals surface area contributed by atoms with Gasteiger partial charge in [0.2, 0.25) is 0 Å². The molecule has 0 aliphatic carbocycles. The van der Waals surface area contributed by atoms with Gasteiger partial charge in [-0.05, 0) is 36.2 Å². The minimum Gasteiger partial charge on any atom is -0.493 e. The van der Waals surface area contributed by atoms with Gasteiger partial charge in [0.05, 0.1) is 6.61 Å². The number of nitrogens with two attached hydrogens (primary N) is 1. The Labute approximate surface area is 107 Å². The van der Waals surface area contributed by atoms with E-state index in [4.69, 9.17) is 10.5 Å². The number of nitrogens with zero attached hydrogens (tertiary/aromatic N) is 1. The number of ether oxygens (including phenoxy) is 1. The van der Waals surface area contributed by atoms with E-state index in [1.807, 2.05) is 12.1 Å². The molecule has 2 aromatic rings. The number of fused-ring (bicyclic) bond motifs is 1. The highest BCUT2D eigenvalue weighted by molar-refractivity contribution is 5.72. The van der Waals surface area contributed by atoms with Gasteiger partial charge in [0, 0.05) is 23.9 Å². The second-order valence-corrected chi connectivity index (χ2v) is 4.53. The van der Waals surface area contributed by atoms with E-state index < -0.39 is 0 Å². The molecule has 0 unspecified atom stereocenters. The second-order valence-electron chi connectivity index (χ2n) is 4.53. The molecule has 1 aliphatic heterocycles. The van der Waals surface area contributed by atoms with Crippen molar-refractivity contribution in [2.24, 2.45) is 5.73 Å². The van der Waals surface area contributed by atoms with E-state index in [1.165, 1.54) is 5.56 Å². The zero-order valence-corrected chi connectivity index (χ0v) is 10.2. The minimum absolute atomic E-state index is 0.413. The van der Waals surface area contributed by atoms with Crippen LogP contribution in [0.3, 0.4) is 0 Å². The lowest BCUT2D eigenvalue weighted by molar-refractivity contribution is 0.270. The largest absolute Gasteiger partial charge is 0.493 e. The molecule has 0 saturated heterocycles. The average molecular weight is 240 g/mol. The number of rotatable bonds is 2. The highest BCUT2D eigenvalue weighted by atomic mass is 16.5. The molecule has 3 nitrogen and oxygen atoms in total. The number of aromatic nitrogens is 1. The summed E-state index contributed by atoms with van der Waals surface area (Å²) >= 11 is 0. The van der Waals surface area contributed by atoms with Crippen LogP contribution < -0.4 is 10.5 Å². The number of para-hydroxylation sites is 1. The van der Waals surface area contributed by atoms with Crippen LogP contribution in [-0.4, -0.2) is 18.1 Å². The number of pyridine rings is 1. The van der Waals surface area contributed by atoms with E-state index in [0.29, 0.717) is 12.5 Å². The molecule has 3 rings (SSSR count). The van der Waals surface area contributed by atoms with E-state index in [9.17, 15) is 0 Å². The summed E-state index contributed by atoms with van der Waals surface area (Å²) < 4.78 is 5.87. The topological polar surface area (TPSA) is 48.1 Å². The minimum atomic E-state index is 0.413.